The van der Waals surface area contributed by atoms with Crippen molar-refractivity contribution in [3.8, 4) is 0 Å². The van der Waals surface area contributed by atoms with Crippen LogP contribution in [0.2, 0.25) is 0 Å². The van der Waals surface area contributed by atoms with E-state index in [1.807, 2.05) is 23.1 Å². The van der Waals surface area contributed by atoms with Crippen LogP contribution in [0.15, 0.2) is 47.5 Å². The van der Waals surface area contributed by atoms with E-state index in [1.54, 1.807) is 12.3 Å². The van der Waals surface area contributed by atoms with E-state index < -0.39 is 0 Å². The fraction of sp³-hybridized carbons (Fsp3) is 0.450. The largest absolute Gasteiger partial charge is 0.381 e. The number of amides is 1. The van der Waals surface area contributed by atoms with E-state index in [4.69, 9.17) is 4.74 Å². The minimum absolute atomic E-state index is 0.110. The number of nitrogens with one attached hydrogen (secondary N) is 1. The van der Waals surface area contributed by atoms with Crippen LogP contribution in [0, 0.1) is 11.8 Å². The van der Waals surface area contributed by atoms with Gasteiger partial charge in [-0.05, 0) is 37.0 Å². The van der Waals surface area contributed by atoms with Crippen molar-refractivity contribution in [2.24, 2.45) is 11.8 Å². The van der Waals surface area contributed by atoms with Crippen LogP contribution in [-0.2, 0) is 4.74 Å². The molecule has 6 heteroatoms. The number of hydrogen-bond donors (Lipinski definition) is 1. The molecule has 0 aromatic carbocycles. The lowest BCUT2D eigenvalue weighted by Gasteiger charge is -2.17. The van der Waals surface area contributed by atoms with Gasteiger partial charge >= 0.3 is 0 Å². The molecule has 2 aliphatic rings. The quantitative estimate of drug-likeness (QED) is 0.862. The highest BCUT2D eigenvalue weighted by Gasteiger charge is 2.37. The first-order chi connectivity index (χ1) is 12.7. The van der Waals surface area contributed by atoms with Gasteiger partial charge in [0.05, 0.1) is 6.61 Å². The van der Waals surface area contributed by atoms with E-state index in [1.165, 1.54) is 25.1 Å². The maximum atomic E-state index is 12.8. The number of nitrogens with zero attached hydrogens (tertiary/aromatic N) is 2. The van der Waals surface area contributed by atoms with Crippen molar-refractivity contribution in [1.29, 1.82) is 0 Å². The molecule has 1 amide bonds. The summed E-state index contributed by atoms with van der Waals surface area (Å²) >= 11 is 0. The molecule has 1 N–H and O–H groups in total. The van der Waals surface area contributed by atoms with Gasteiger partial charge in [0.15, 0.2) is 0 Å². The van der Waals surface area contributed by atoms with Crippen LogP contribution in [0.5, 0.6) is 0 Å². The second-order valence-corrected chi connectivity index (χ2v) is 7.25. The van der Waals surface area contributed by atoms with E-state index in [2.05, 4.69) is 9.97 Å². The molecule has 136 valence electrons. The molecule has 2 unspecified atom stereocenters. The fourth-order valence-electron chi connectivity index (χ4n) is 3.57. The van der Waals surface area contributed by atoms with Crippen LogP contribution in [0.25, 0.3) is 0 Å². The highest BCUT2D eigenvalue weighted by Crippen LogP contribution is 2.34. The molecular weight excluding hydrogens is 330 g/mol. The smallest absolute Gasteiger partial charge is 0.254 e. The SMILES string of the molecule is O=C(c1cc[nH]c(=O)c1)N1CC(COCC2CC2)C(c2ccccn2)C1. The molecule has 2 fully saturated rings. The van der Waals surface area contributed by atoms with Gasteiger partial charge in [-0.15, -0.1) is 0 Å². The topological polar surface area (TPSA) is 75.3 Å². The second kappa shape index (κ2) is 7.41. The highest BCUT2D eigenvalue weighted by atomic mass is 16.5. The maximum absolute atomic E-state index is 12.8. The van der Waals surface area contributed by atoms with Gasteiger partial charge in [-0.1, -0.05) is 6.07 Å². The number of hydrogen-bond acceptors (Lipinski definition) is 4. The van der Waals surface area contributed by atoms with Crippen LogP contribution in [-0.4, -0.2) is 47.1 Å². The molecule has 2 aromatic heterocycles. The number of carbonyl (C=O) groups excluding carboxylic acids is 1. The lowest BCUT2D eigenvalue weighted by atomic mass is 9.93. The number of likely N-dealkylation sites (tertiary alicyclic amines) is 1. The summed E-state index contributed by atoms with van der Waals surface area (Å²) in [6.07, 6.45) is 5.83. The summed E-state index contributed by atoms with van der Waals surface area (Å²) in [7, 11) is 0. The van der Waals surface area contributed by atoms with Gasteiger partial charge in [0.25, 0.3) is 5.91 Å². The number of rotatable bonds is 6. The Morgan fingerprint density at radius 2 is 2.12 bits per heavy atom. The zero-order valence-corrected chi connectivity index (χ0v) is 14.6. The number of aromatic nitrogens is 2. The molecule has 6 nitrogen and oxygen atoms in total. The van der Waals surface area contributed by atoms with Gasteiger partial charge < -0.3 is 14.6 Å². The Bertz CT molecular complexity index is 816. The minimum atomic E-state index is -0.263. The summed E-state index contributed by atoms with van der Waals surface area (Å²) in [6, 6.07) is 8.90. The summed E-state index contributed by atoms with van der Waals surface area (Å²) in [5, 5.41) is 0. The van der Waals surface area contributed by atoms with Gasteiger partial charge in [0, 0.05) is 61.2 Å². The van der Waals surface area contributed by atoms with E-state index in [0.717, 1.165) is 18.2 Å². The third-order valence-corrected chi connectivity index (χ3v) is 5.20. The lowest BCUT2D eigenvalue weighted by molar-refractivity contribution is 0.0739. The van der Waals surface area contributed by atoms with Gasteiger partial charge in [-0.2, -0.15) is 0 Å². The predicted molar refractivity (Wildman–Crippen MR) is 97.0 cm³/mol. The molecule has 2 atom stereocenters. The molecule has 2 aromatic rings. The number of pyridine rings is 2. The van der Waals surface area contributed by atoms with Crippen molar-refractivity contribution >= 4 is 5.91 Å². The Morgan fingerprint density at radius 1 is 1.23 bits per heavy atom. The molecule has 1 aliphatic heterocycles. The Kier molecular flexibility index (Phi) is 4.84. The summed E-state index contributed by atoms with van der Waals surface area (Å²) in [5.41, 5.74) is 1.16. The molecular formula is C20H23N3O3. The monoisotopic (exact) mass is 353 g/mol. The number of H-pyrrole nitrogens is 1. The Morgan fingerprint density at radius 3 is 2.85 bits per heavy atom. The van der Waals surface area contributed by atoms with Gasteiger partial charge in [0.2, 0.25) is 5.56 Å². The van der Waals surface area contributed by atoms with Gasteiger partial charge in [0.1, 0.15) is 0 Å². The third kappa shape index (κ3) is 3.85. The van der Waals surface area contributed by atoms with Crippen molar-refractivity contribution in [2.45, 2.75) is 18.8 Å². The highest BCUT2D eigenvalue weighted by molar-refractivity contribution is 5.94. The standard InChI is InChI=1S/C20H23N3O3/c24-19-9-15(6-8-22-19)20(25)23-10-16(13-26-12-14-4-5-14)17(11-23)18-3-1-2-7-21-18/h1-3,6-9,14,16-17H,4-5,10-13H2,(H,22,24). The van der Waals surface area contributed by atoms with Gasteiger partial charge in [-0.25, -0.2) is 0 Å². The molecule has 4 rings (SSSR count). The third-order valence-electron chi connectivity index (χ3n) is 5.20. The lowest BCUT2D eigenvalue weighted by Crippen LogP contribution is -2.30. The molecule has 1 saturated carbocycles. The molecule has 1 saturated heterocycles. The average Bonchev–Trinajstić information content (AvgIpc) is 3.39. The zero-order chi connectivity index (χ0) is 17.9. The predicted octanol–water partition coefficient (Wildman–Crippen LogP) is 2.05. The van der Waals surface area contributed by atoms with Gasteiger partial charge in [-0.3, -0.25) is 14.6 Å². The molecule has 26 heavy (non-hydrogen) atoms. The van der Waals surface area contributed by atoms with Crippen LogP contribution >= 0.6 is 0 Å². The van der Waals surface area contributed by atoms with Crippen LogP contribution in [0.4, 0.5) is 0 Å². The Balaban J connectivity index is 1.49. The maximum Gasteiger partial charge on any atom is 0.254 e. The van der Waals surface area contributed by atoms with Crippen molar-refractivity contribution in [1.82, 2.24) is 14.9 Å². The fourth-order valence-corrected chi connectivity index (χ4v) is 3.57. The van der Waals surface area contributed by atoms with E-state index in [9.17, 15) is 9.59 Å². The first-order valence-electron chi connectivity index (χ1n) is 9.17. The van der Waals surface area contributed by atoms with Crippen LogP contribution < -0.4 is 5.56 Å². The Hall–Kier alpha value is -2.47. The van der Waals surface area contributed by atoms with E-state index in [-0.39, 0.29) is 23.3 Å². The molecule has 0 radical (unpaired) electrons. The minimum Gasteiger partial charge on any atom is -0.381 e. The molecule has 3 heterocycles. The first kappa shape index (κ1) is 17.0. The van der Waals surface area contributed by atoms with E-state index in [0.29, 0.717) is 25.3 Å². The number of aromatic amines is 1. The van der Waals surface area contributed by atoms with Crippen molar-refractivity contribution in [3.05, 3.63) is 64.3 Å². The molecule has 0 spiro atoms. The number of carbonyl (C=O) groups is 1. The molecule has 0 bridgehead atoms. The summed E-state index contributed by atoms with van der Waals surface area (Å²) in [6.45, 7) is 2.67. The van der Waals surface area contributed by atoms with Crippen molar-refractivity contribution < 1.29 is 9.53 Å². The first-order valence-corrected chi connectivity index (χ1v) is 9.17. The zero-order valence-electron chi connectivity index (χ0n) is 14.6. The normalized spacial score (nSPS) is 22.5. The van der Waals surface area contributed by atoms with Crippen LogP contribution in [0.1, 0.15) is 34.8 Å². The Labute approximate surface area is 152 Å². The molecule has 1 aliphatic carbocycles. The number of ether oxygens (including phenoxy) is 1. The average molecular weight is 353 g/mol. The van der Waals surface area contributed by atoms with Crippen molar-refractivity contribution in [2.75, 3.05) is 26.3 Å². The van der Waals surface area contributed by atoms with Crippen LogP contribution in [0.3, 0.4) is 0 Å². The van der Waals surface area contributed by atoms with E-state index >= 15 is 0 Å². The summed E-state index contributed by atoms with van der Waals surface area (Å²) in [5.74, 6) is 0.983. The van der Waals surface area contributed by atoms with Crippen molar-refractivity contribution in [3.63, 3.8) is 0 Å². The summed E-state index contributed by atoms with van der Waals surface area (Å²) < 4.78 is 5.93. The second-order valence-electron chi connectivity index (χ2n) is 7.25. The summed E-state index contributed by atoms with van der Waals surface area (Å²) in [4.78, 5) is 33.2.